The maximum absolute atomic E-state index is 12.5. The lowest BCUT2D eigenvalue weighted by atomic mass is 9.96. The summed E-state index contributed by atoms with van der Waals surface area (Å²) in [6.07, 6.45) is 9.86. The smallest absolute Gasteiger partial charge is 0.240 e. The standard InChI is InChI=1S/C24H34N6O2S/c1-4-5-15-25-24-26-16-21-22(28-30(23(21)27-24)19-9-7-6-8-10-19)18-11-13-20(14-12-18)33(31,32)29-17(2)3/h11-14,16-17,19,29H,4-10,15H2,1-3H3,(H,25,26,27). The number of benzene rings is 1. The Morgan fingerprint density at radius 2 is 1.85 bits per heavy atom. The average molecular weight is 471 g/mol. The quantitative estimate of drug-likeness (QED) is 0.432. The topological polar surface area (TPSA) is 102 Å². The van der Waals surface area contributed by atoms with E-state index in [0.717, 1.165) is 54.5 Å². The number of sulfonamides is 1. The highest BCUT2D eigenvalue weighted by Crippen LogP contribution is 2.34. The van der Waals surface area contributed by atoms with Crippen molar-refractivity contribution < 1.29 is 8.42 Å². The summed E-state index contributed by atoms with van der Waals surface area (Å²) in [5, 5.41) is 9.19. The summed E-state index contributed by atoms with van der Waals surface area (Å²) in [5.41, 5.74) is 2.48. The Hall–Kier alpha value is -2.52. The Bertz CT molecular complexity index is 1180. The molecule has 0 aliphatic heterocycles. The fraction of sp³-hybridized carbons (Fsp3) is 0.542. The van der Waals surface area contributed by atoms with Gasteiger partial charge >= 0.3 is 0 Å². The number of nitrogens with zero attached hydrogens (tertiary/aromatic N) is 4. The first kappa shape index (κ1) is 23.6. The number of unbranched alkanes of at least 4 members (excludes halogenated alkanes) is 1. The second kappa shape index (κ2) is 10.2. The van der Waals surface area contributed by atoms with Crippen molar-refractivity contribution in [1.29, 1.82) is 0 Å². The van der Waals surface area contributed by atoms with Gasteiger partial charge in [0.2, 0.25) is 16.0 Å². The minimum atomic E-state index is -3.54. The highest BCUT2D eigenvalue weighted by molar-refractivity contribution is 7.89. The van der Waals surface area contributed by atoms with Crippen molar-refractivity contribution in [3.63, 3.8) is 0 Å². The fourth-order valence-corrected chi connectivity index (χ4v) is 5.60. The Labute approximate surface area is 196 Å². The third-order valence-electron chi connectivity index (χ3n) is 6.01. The molecule has 1 saturated carbocycles. The normalized spacial score (nSPS) is 15.4. The highest BCUT2D eigenvalue weighted by Gasteiger charge is 2.23. The minimum absolute atomic E-state index is 0.165. The molecule has 9 heteroatoms. The van der Waals surface area contributed by atoms with Gasteiger partial charge < -0.3 is 5.32 Å². The zero-order chi connectivity index (χ0) is 23.4. The van der Waals surface area contributed by atoms with Gasteiger partial charge in [-0.25, -0.2) is 22.8 Å². The summed E-state index contributed by atoms with van der Waals surface area (Å²) in [7, 11) is -3.54. The van der Waals surface area contributed by atoms with Gasteiger partial charge in [0.25, 0.3) is 0 Å². The van der Waals surface area contributed by atoms with Crippen molar-refractivity contribution in [2.24, 2.45) is 0 Å². The molecule has 2 aromatic heterocycles. The molecule has 178 valence electrons. The Balaban J connectivity index is 1.72. The van der Waals surface area contributed by atoms with Crippen molar-refractivity contribution in [3.05, 3.63) is 30.5 Å². The van der Waals surface area contributed by atoms with Crippen molar-refractivity contribution in [3.8, 4) is 11.3 Å². The Kier molecular flexibility index (Phi) is 7.29. The van der Waals surface area contributed by atoms with Crippen LogP contribution in [0.3, 0.4) is 0 Å². The van der Waals surface area contributed by atoms with Gasteiger partial charge in [0.1, 0.15) is 5.69 Å². The van der Waals surface area contributed by atoms with Crippen LogP contribution in [0, 0.1) is 0 Å². The molecular formula is C24H34N6O2S. The molecular weight excluding hydrogens is 436 g/mol. The maximum atomic E-state index is 12.5. The molecule has 0 amide bonds. The van der Waals surface area contributed by atoms with Crippen LogP contribution in [0.1, 0.15) is 71.8 Å². The molecule has 4 rings (SSSR count). The molecule has 0 atom stereocenters. The van der Waals surface area contributed by atoms with E-state index in [1.165, 1.54) is 19.3 Å². The summed E-state index contributed by atoms with van der Waals surface area (Å²) >= 11 is 0. The molecule has 0 radical (unpaired) electrons. The van der Waals surface area contributed by atoms with Crippen molar-refractivity contribution in [2.75, 3.05) is 11.9 Å². The lowest BCUT2D eigenvalue weighted by Gasteiger charge is -2.22. The number of nitrogens with one attached hydrogen (secondary N) is 2. The maximum Gasteiger partial charge on any atom is 0.240 e. The number of fused-ring (bicyclic) bond motifs is 1. The van der Waals surface area contributed by atoms with Crippen LogP contribution in [0.2, 0.25) is 0 Å². The molecule has 8 nitrogen and oxygen atoms in total. The Morgan fingerprint density at radius 3 is 2.52 bits per heavy atom. The third-order valence-corrected chi connectivity index (χ3v) is 7.69. The summed E-state index contributed by atoms with van der Waals surface area (Å²) < 4.78 is 29.7. The van der Waals surface area contributed by atoms with Crippen LogP contribution in [-0.2, 0) is 10.0 Å². The molecule has 0 bridgehead atoms. The number of hydrogen-bond donors (Lipinski definition) is 2. The lowest BCUT2D eigenvalue weighted by Crippen LogP contribution is -2.30. The van der Waals surface area contributed by atoms with E-state index < -0.39 is 10.0 Å². The second-order valence-electron chi connectivity index (χ2n) is 9.10. The monoisotopic (exact) mass is 470 g/mol. The molecule has 1 aliphatic carbocycles. The Morgan fingerprint density at radius 1 is 1.12 bits per heavy atom. The summed E-state index contributed by atoms with van der Waals surface area (Å²) in [6, 6.07) is 7.05. The van der Waals surface area contributed by atoms with Gasteiger partial charge in [-0.2, -0.15) is 10.1 Å². The van der Waals surface area contributed by atoms with Crippen LogP contribution in [0.5, 0.6) is 0 Å². The van der Waals surface area contributed by atoms with Gasteiger partial charge in [-0.1, -0.05) is 44.7 Å². The number of hydrogen-bond acceptors (Lipinski definition) is 6. The van der Waals surface area contributed by atoms with Gasteiger partial charge in [-0.15, -0.1) is 0 Å². The van der Waals surface area contributed by atoms with Crippen molar-refractivity contribution in [1.82, 2.24) is 24.5 Å². The van der Waals surface area contributed by atoms with E-state index in [9.17, 15) is 8.42 Å². The van der Waals surface area contributed by atoms with E-state index >= 15 is 0 Å². The summed E-state index contributed by atoms with van der Waals surface area (Å²) in [4.78, 5) is 9.61. The minimum Gasteiger partial charge on any atom is -0.354 e. The molecule has 0 spiro atoms. The van der Waals surface area contributed by atoms with Crippen LogP contribution >= 0.6 is 0 Å². The summed E-state index contributed by atoms with van der Waals surface area (Å²) in [5.74, 6) is 0.626. The summed E-state index contributed by atoms with van der Waals surface area (Å²) in [6.45, 7) is 6.61. The first-order chi connectivity index (χ1) is 15.9. The third kappa shape index (κ3) is 5.35. The second-order valence-corrected chi connectivity index (χ2v) is 10.8. The van der Waals surface area contributed by atoms with E-state index in [-0.39, 0.29) is 10.9 Å². The van der Waals surface area contributed by atoms with E-state index in [1.807, 2.05) is 18.3 Å². The largest absolute Gasteiger partial charge is 0.354 e. The van der Waals surface area contributed by atoms with Crippen molar-refractivity contribution in [2.45, 2.75) is 82.7 Å². The van der Waals surface area contributed by atoms with Crippen LogP contribution in [0.25, 0.3) is 22.3 Å². The van der Waals surface area contributed by atoms with E-state index in [0.29, 0.717) is 12.0 Å². The molecule has 33 heavy (non-hydrogen) atoms. The zero-order valence-corrected chi connectivity index (χ0v) is 20.5. The van der Waals surface area contributed by atoms with E-state index in [2.05, 4.69) is 26.6 Å². The predicted molar refractivity (Wildman–Crippen MR) is 132 cm³/mol. The van der Waals surface area contributed by atoms with Gasteiger partial charge in [0.15, 0.2) is 5.65 Å². The predicted octanol–water partition coefficient (Wildman–Crippen LogP) is 4.90. The number of aromatic nitrogens is 4. The zero-order valence-electron chi connectivity index (χ0n) is 19.7. The molecule has 2 N–H and O–H groups in total. The van der Waals surface area contributed by atoms with Crippen molar-refractivity contribution >= 4 is 27.0 Å². The number of rotatable bonds is 9. The van der Waals surface area contributed by atoms with Gasteiger partial charge in [0, 0.05) is 24.3 Å². The molecule has 1 aromatic carbocycles. The fourth-order valence-electron chi connectivity index (χ4n) is 4.35. The van der Waals surface area contributed by atoms with Gasteiger partial charge in [0.05, 0.1) is 16.3 Å². The molecule has 1 fully saturated rings. The van der Waals surface area contributed by atoms with Crippen LogP contribution < -0.4 is 10.0 Å². The first-order valence-electron chi connectivity index (χ1n) is 12.0. The molecule has 0 unspecified atom stereocenters. The highest BCUT2D eigenvalue weighted by atomic mass is 32.2. The molecule has 2 heterocycles. The first-order valence-corrected chi connectivity index (χ1v) is 13.5. The van der Waals surface area contributed by atoms with Gasteiger partial charge in [-0.3, -0.25) is 0 Å². The molecule has 0 saturated heterocycles. The molecule has 1 aliphatic rings. The van der Waals surface area contributed by atoms with Crippen LogP contribution in [0.4, 0.5) is 5.95 Å². The number of anilines is 1. The van der Waals surface area contributed by atoms with Crippen LogP contribution in [-0.4, -0.2) is 40.8 Å². The lowest BCUT2D eigenvalue weighted by molar-refractivity contribution is 0.336. The average Bonchev–Trinajstić information content (AvgIpc) is 3.18. The van der Waals surface area contributed by atoms with E-state index in [4.69, 9.17) is 10.1 Å². The van der Waals surface area contributed by atoms with E-state index in [1.54, 1.807) is 26.0 Å². The SMILES string of the molecule is CCCCNc1ncc2c(-c3ccc(S(=O)(=O)NC(C)C)cc3)nn(C3CCCCC3)c2n1. The van der Waals surface area contributed by atoms with Gasteiger partial charge in [-0.05, 0) is 45.2 Å². The molecule has 3 aromatic rings. The van der Waals surface area contributed by atoms with Crippen LogP contribution in [0.15, 0.2) is 35.4 Å².